The molecule has 1 unspecified atom stereocenters. The minimum Gasteiger partial charge on any atom is -0.444 e. The maximum Gasteiger partial charge on any atom is 0.523 e. The Kier molecular flexibility index (Phi) is 13.7. The van der Waals surface area contributed by atoms with Crippen molar-refractivity contribution in [2.75, 3.05) is 25.9 Å². The van der Waals surface area contributed by atoms with Gasteiger partial charge in [0.2, 0.25) is 0 Å². The van der Waals surface area contributed by atoms with Gasteiger partial charge in [0.1, 0.15) is 5.60 Å². The van der Waals surface area contributed by atoms with Gasteiger partial charge in [0, 0.05) is 42.3 Å². The Balaban J connectivity index is 2.16. The number of hydrogen-bond donors (Lipinski definition) is 2. The van der Waals surface area contributed by atoms with E-state index in [1.807, 2.05) is 11.8 Å². The maximum absolute atomic E-state index is 14.1. The number of nitrogens with zero attached hydrogens (tertiary/aromatic N) is 2. The van der Waals surface area contributed by atoms with Gasteiger partial charge in [-0.25, -0.2) is 4.79 Å². The fourth-order valence-corrected chi connectivity index (χ4v) is 5.28. The topological polar surface area (TPSA) is 83.1 Å². The van der Waals surface area contributed by atoms with Crippen LogP contribution in [0.3, 0.4) is 0 Å². The summed E-state index contributed by atoms with van der Waals surface area (Å²) in [6.45, 7) is 10.7. The average molecular weight is 669 g/mol. The van der Waals surface area contributed by atoms with E-state index in [0.717, 1.165) is 6.07 Å². The number of nitrogens with one attached hydrogen (secondary N) is 2. The van der Waals surface area contributed by atoms with Gasteiger partial charge < -0.3 is 15.1 Å². The van der Waals surface area contributed by atoms with Gasteiger partial charge in [-0.1, -0.05) is 19.1 Å². The molecule has 1 aliphatic heterocycles. The van der Waals surface area contributed by atoms with Crippen LogP contribution in [-0.2, 0) is 22.2 Å². The van der Waals surface area contributed by atoms with Crippen LogP contribution in [0.5, 0.6) is 0 Å². The molecule has 8 nitrogen and oxygen atoms in total. The number of rotatable bonds is 11. The Morgan fingerprint density at radius 1 is 1.16 bits per heavy atom. The highest BCUT2D eigenvalue weighted by Crippen LogP contribution is 2.34. The zero-order valence-electron chi connectivity index (χ0n) is 26.5. The van der Waals surface area contributed by atoms with E-state index in [1.165, 1.54) is 47.9 Å². The molecule has 1 aromatic rings. The molecule has 0 saturated carbocycles. The number of alkyl halides is 6. The first-order valence-corrected chi connectivity index (χ1v) is 15.4. The molecule has 1 saturated heterocycles. The maximum atomic E-state index is 14.1. The molecule has 0 aromatic heterocycles. The summed E-state index contributed by atoms with van der Waals surface area (Å²) in [5.41, 5.74) is 3.48. The third kappa shape index (κ3) is 13.2. The molecule has 0 aliphatic carbocycles. The van der Waals surface area contributed by atoms with Gasteiger partial charge in [-0.2, -0.15) is 13.2 Å². The molecule has 1 aromatic carbocycles. The third-order valence-corrected chi connectivity index (χ3v) is 7.69. The van der Waals surface area contributed by atoms with Crippen LogP contribution in [0.25, 0.3) is 0 Å². The zero-order chi connectivity index (χ0) is 34.2. The van der Waals surface area contributed by atoms with Gasteiger partial charge in [-0.15, -0.1) is 24.9 Å². The number of amides is 2. The van der Waals surface area contributed by atoms with Gasteiger partial charge >= 0.3 is 18.6 Å². The Morgan fingerprint density at radius 2 is 1.82 bits per heavy atom. The first-order valence-electron chi connectivity index (χ1n) is 14.4. The highest BCUT2D eigenvalue weighted by Gasteiger charge is 2.36. The highest BCUT2D eigenvalue weighted by atomic mass is 32.2. The summed E-state index contributed by atoms with van der Waals surface area (Å²) < 4.78 is 89.1. The number of allylic oxidation sites excluding steroid dienone is 2. The molecule has 0 bridgehead atoms. The molecular weight excluding hydrogens is 626 g/mol. The summed E-state index contributed by atoms with van der Waals surface area (Å²) >= 11 is 1.28. The molecule has 2 amide bonds. The van der Waals surface area contributed by atoms with Crippen LogP contribution in [0, 0.1) is 0 Å². The van der Waals surface area contributed by atoms with Crippen LogP contribution >= 0.6 is 11.8 Å². The number of benzene rings is 1. The van der Waals surface area contributed by atoms with E-state index in [1.54, 1.807) is 34.7 Å². The molecule has 2 N–H and O–H groups in total. The molecule has 2 atom stereocenters. The fourth-order valence-electron chi connectivity index (χ4n) is 4.53. The van der Waals surface area contributed by atoms with Crippen molar-refractivity contribution in [2.24, 2.45) is 0 Å². The van der Waals surface area contributed by atoms with Gasteiger partial charge in [0.15, 0.2) is 0 Å². The Hall–Kier alpha value is -2.91. The number of halogens is 6. The van der Waals surface area contributed by atoms with Crippen molar-refractivity contribution in [2.45, 2.75) is 91.2 Å². The second-order valence-electron chi connectivity index (χ2n) is 11.6. The lowest BCUT2D eigenvalue weighted by molar-refractivity contribution is -0.334. The number of likely N-dealkylation sites (N-methyl/N-ethyl adjacent to an activating group) is 1. The normalized spacial score (nSPS) is 17.9. The Labute approximate surface area is 264 Å². The number of likely N-dealkylation sites (tertiary alicyclic amines) is 1. The quantitative estimate of drug-likeness (QED) is 0.146. The molecule has 0 spiro atoms. The lowest BCUT2D eigenvalue weighted by Gasteiger charge is -2.38. The molecular formula is C30H42F6N4O4S. The number of hydrazine groups is 1. The van der Waals surface area contributed by atoms with Gasteiger partial charge in [-0.3, -0.25) is 19.9 Å². The molecule has 1 heterocycles. The zero-order valence-corrected chi connectivity index (χ0v) is 27.3. The predicted octanol–water partition coefficient (Wildman–Crippen LogP) is 7.24. The fraction of sp³-hybridized carbons (Fsp3) is 0.600. The van der Waals surface area contributed by atoms with E-state index >= 15 is 0 Å². The Bertz CT molecular complexity index is 1230. The van der Waals surface area contributed by atoms with E-state index in [4.69, 9.17) is 4.74 Å². The minimum absolute atomic E-state index is 0.00868. The monoisotopic (exact) mass is 668 g/mol. The molecule has 1 aliphatic rings. The van der Waals surface area contributed by atoms with Crippen LogP contribution in [0.2, 0.25) is 0 Å². The molecule has 15 heteroatoms. The summed E-state index contributed by atoms with van der Waals surface area (Å²) in [5, 5.41) is 0. The molecule has 254 valence electrons. The number of hydrogen-bond acceptors (Lipinski definition) is 7. The van der Waals surface area contributed by atoms with Crippen LogP contribution in [0.15, 0.2) is 41.0 Å². The molecule has 1 fully saturated rings. The van der Waals surface area contributed by atoms with Crippen molar-refractivity contribution in [1.29, 1.82) is 0 Å². The minimum atomic E-state index is -4.80. The first-order chi connectivity index (χ1) is 20.7. The summed E-state index contributed by atoms with van der Waals surface area (Å²) in [4.78, 5) is 29.2. The lowest BCUT2D eigenvalue weighted by Crippen LogP contribution is -2.49. The van der Waals surface area contributed by atoms with Crippen LogP contribution in [0.4, 0.5) is 31.1 Å². The van der Waals surface area contributed by atoms with Gasteiger partial charge in [0.05, 0.1) is 11.7 Å². The van der Waals surface area contributed by atoms with Crippen molar-refractivity contribution < 1.29 is 45.4 Å². The highest BCUT2D eigenvalue weighted by molar-refractivity contribution is 8.03. The summed E-state index contributed by atoms with van der Waals surface area (Å²) in [6.07, 6.45) is -7.32. The number of piperidine rings is 1. The third-order valence-electron chi connectivity index (χ3n) is 6.65. The molecule has 2 rings (SSSR count). The van der Waals surface area contributed by atoms with Crippen molar-refractivity contribution in [3.8, 4) is 0 Å². The Morgan fingerprint density at radius 3 is 2.40 bits per heavy atom. The smallest absolute Gasteiger partial charge is 0.444 e. The van der Waals surface area contributed by atoms with E-state index in [0.29, 0.717) is 42.3 Å². The van der Waals surface area contributed by atoms with Crippen LogP contribution in [-0.4, -0.2) is 71.8 Å². The lowest BCUT2D eigenvalue weighted by atomic mass is 10.00. The van der Waals surface area contributed by atoms with Crippen molar-refractivity contribution in [1.82, 2.24) is 20.7 Å². The van der Waals surface area contributed by atoms with E-state index in [9.17, 15) is 35.9 Å². The summed E-state index contributed by atoms with van der Waals surface area (Å²) in [5.74, 6) is -0.269. The second kappa shape index (κ2) is 16.1. The number of ether oxygens (including phenoxy) is 2. The van der Waals surface area contributed by atoms with Crippen molar-refractivity contribution >= 4 is 23.8 Å². The summed E-state index contributed by atoms with van der Waals surface area (Å²) in [7, 11) is 1.62. The van der Waals surface area contributed by atoms with Crippen LogP contribution in [0.1, 0.15) is 75.9 Å². The summed E-state index contributed by atoms with van der Waals surface area (Å²) in [6, 6.07) is 3.12. The van der Waals surface area contributed by atoms with E-state index in [-0.39, 0.29) is 23.7 Å². The average Bonchev–Trinajstić information content (AvgIpc) is 2.91. The molecule has 45 heavy (non-hydrogen) atoms. The first kappa shape index (κ1) is 38.3. The van der Waals surface area contributed by atoms with Crippen molar-refractivity contribution in [3.63, 3.8) is 0 Å². The van der Waals surface area contributed by atoms with Crippen LogP contribution < -0.4 is 10.9 Å². The standard InChI is InChI=1S/C30H42F6N4O4S/c1-8-45-25(14-11-19(2)43-30(34,35)36)20(3)37-38-26(41)21-12-13-22(24(16-21)29(31,32)33)17-40-15-9-10-23(18-40)39(7)27(42)44-28(4,5)6/h11-14,16,19,23,37H,8-10,15,17-18H2,1-7H3,(H,38,41)/b14-11-,25-20-/t19?,23-/m0/s1. The van der Waals surface area contributed by atoms with Gasteiger partial charge in [0.25, 0.3) is 5.91 Å². The molecule has 0 radical (unpaired) electrons. The van der Waals surface area contributed by atoms with Crippen molar-refractivity contribution in [3.05, 3.63) is 57.6 Å². The predicted molar refractivity (Wildman–Crippen MR) is 161 cm³/mol. The number of carbonyl (C=O) groups is 2. The number of carbonyl (C=O) groups excluding carboxylic acids is 2. The largest absolute Gasteiger partial charge is 0.523 e. The van der Waals surface area contributed by atoms with E-state index in [2.05, 4.69) is 15.6 Å². The number of thioether (sulfide) groups is 1. The SMILES string of the molecule is CCSC(/C=C\C(C)OC(F)(F)F)=C(/C)NNC(=O)c1ccc(CN2CCC[C@H](N(C)C(=O)OC(C)(C)C)C2)c(C(F)(F)F)c1. The second-order valence-corrected chi connectivity index (χ2v) is 12.9. The van der Waals surface area contributed by atoms with Gasteiger partial charge in [-0.05, 0) is 83.5 Å². The van der Waals surface area contributed by atoms with E-state index < -0.39 is 41.8 Å².